The van der Waals surface area contributed by atoms with E-state index >= 15 is 0 Å². The normalized spacial score (nSPS) is 23.5. The van der Waals surface area contributed by atoms with E-state index < -0.39 is 15.8 Å². The van der Waals surface area contributed by atoms with Crippen LogP contribution in [0.5, 0.6) is 5.75 Å². The topological polar surface area (TPSA) is 78.6 Å². The molecule has 0 amide bonds. The zero-order valence-electron chi connectivity index (χ0n) is 10.5. The Morgan fingerprint density at radius 1 is 1.47 bits per heavy atom. The van der Waals surface area contributed by atoms with Gasteiger partial charge >= 0.3 is 0 Å². The highest BCUT2D eigenvalue weighted by atomic mass is 32.2. The quantitative estimate of drug-likeness (QED) is 0.909. The minimum absolute atomic E-state index is 0.0482. The molecule has 106 valence electrons. The minimum atomic E-state index is -4.02. The Kier molecular flexibility index (Phi) is 4.07. The second-order valence-corrected chi connectivity index (χ2v) is 6.12. The Labute approximate surface area is 111 Å². The molecule has 0 radical (unpaired) electrons. The van der Waals surface area contributed by atoms with Gasteiger partial charge in [0.1, 0.15) is 23.1 Å². The summed E-state index contributed by atoms with van der Waals surface area (Å²) in [5.41, 5.74) is 0. The number of hydrogen-bond acceptors (Lipinski definition) is 4. The molecule has 0 aromatic heterocycles. The van der Waals surface area contributed by atoms with E-state index in [1.807, 2.05) is 6.92 Å². The van der Waals surface area contributed by atoms with Gasteiger partial charge in [-0.3, -0.25) is 0 Å². The van der Waals surface area contributed by atoms with E-state index in [4.69, 9.17) is 14.6 Å². The maximum absolute atomic E-state index is 13.1. The van der Waals surface area contributed by atoms with Gasteiger partial charge in [0.05, 0.1) is 12.2 Å². The van der Waals surface area contributed by atoms with Gasteiger partial charge in [-0.2, -0.15) is 0 Å². The average Bonchev–Trinajstić information content (AvgIpc) is 2.72. The molecular weight excluding hydrogens is 273 g/mol. The van der Waals surface area contributed by atoms with Crippen molar-refractivity contribution in [1.82, 2.24) is 0 Å². The molecule has 1 aromatic rings. The van der Waals surface area contributed by atoms with Gasteiger partial charge in [-0.05, 0) is 38.0 Å². The third-order valence-corrected chi connectivity index (χ3v) is 3.89. The first-order valence-corrected chi connectivity index (χ1v) is 7.51. The Hall–Kier alpha value is -1.18. The van der Waals surface area contributed by atoms with Crippen LogP contribution in [-0.2, 0) is 14.8 Å². The zero-order chi connectivity index (χ0) is 14.0. The minimum Gasteiger partial charge on any atom is -0.489 e. The van der Waals surface area contributed by atoms with Crippen molar-refractivity contribution in [2.24, 2.45) is 5.14 Å². The van der Waals surface area contributed by atoms with Crippen LogP contribution in [0.3, 0.4) is 0 Å². The Bertz CT molecular complexity index is 561. The number of ether oxygens (including phenoxy) is 2. The monoisotopic (exact) mass is 289 g/mol. The van der Waals surface area contributed by atoms with Crippen LogP contribution in [0.25, 0.3) is 0 Å². The van der Waals surface area contributed by atoms with Crippen molar-refractivity contribution in [3.05, 3.63) is 24.0 Å². The Morgan fingerprint density at radius 2 is 2.21 bits per heavy atom. The van der Waals surface area contributed by atoms with Gasteiger partial charge < -0.3 is 9.47 Å². The molecule has 0 saturated carbocycles. The van der Waals surface area contributed by atoms with Crippen molar-refractivity contribution >= 4 is 10.0 Å². The Morgan fingerprint density at radius 3 is 2.79 bits per heavy atom. The van der Waals surface area contributed by atoms with Crippen LogP contribution in [0.1, 0.15) is 19.8 Å². The molecule has 2 rings (SSSR count). The van der Waals surface area contributed by atoms with Gasteiger partial charge in [0, 0.05) is 0 Å². The second kappa shape index (κ2) is 5.44. The molecule has 1 aliphatic heterocycles. The second-order valence-electron chi connectivity index (χ2n) is 4.59. The van der Waals surface area contributed by atoms with Crippen molar-refractivity contribution in [2.75, 3.05) is 6.61 Å². The molecule has 2 N–H and O–H groups in total. The van der Waals surface area contributed by atoms with Crippen molar-refractivity contribution in [3.8, 4) is 5.75 Å². The predicted molar refractivity (Wildman–Crippen MR) is 66.8 cm³/mol. The maximum atomic E-state index is 13.1. The highest BCUT2D eigenvalue weighted by Gasteiger charge is 2.23. The first-order valence-electron chi connectivity index (χ1n) is 5.97. The predicted octanol–water partition coefficient (Wildman–Crippen LogP) is 1.42. The van der Waals surface area contributed by atoms with E-state index in [0.29, 0.717) is 0 Å². The standard InChI is InChI=1S/C12H16FNO4S/c1-8-2-4-10(18-8)7-17-11-5-3-9(13)6-12(11)19(14,15)16/h3,5-6,8,10H,2,4,7H2,1H3,(H2,14,15,16). The molecule has 1 aromatic carbocycles. The Balaban J connectivity index is 2.12. The van der Waals surface area contributed by atoms with Gasteiger partial charge in [0.25, 0.3) is 0 Å². The van der Waals surface area contributed by atoms with Gasteiger partial charge in [-0.15, -0.1) is 0 Å². The molecule has 0 spiro atoms. The molecule has 5 nitrogen and oxygen atoms in total. The number of halogens is 1. The lowest BCUT2D eigenvalue weighted by molar-refractivity contribution is 0.0258. The van der Waals surface area contributed by atoms with Crippen LogP contribution in [0.2, 0.25) is 0 Å². The van der Waals surface area contributed by atoms with Crippen molar-refractivity contribution < 1.29 is 22.3 Å². The molecule has 1 heterocycles. The van der Waals surface area contributed by atoms with Crippen LogP contribution in [0.4, 0.5) is 4.39 Å². The smallest absolute Gasteiger partial charge is 0.241 e. The molecule has 2 unspecified atom stereocenters. The zero-order valence-corrected chi connectivity index (χ0v) is 11.3. The van der Waals surface area contributed by atoms with E-state index in [0.717, 1.165) is 25.0 Å². The van der Waals surface area contributed by atoms with E-state index in [9.17, 15) is 12.8 Å². The summed E-state index contributed by atoms with van der Waals surface area (Å²) in [6, 6.07) is 3.23. The number of rotatable bonds is 4. The third-order valence-electron chi connectivity index (χ3n) is 2.96. The highest BCUT2D eigenvalue weighted by molar-refractivity contribution is 7.89. The van der Waals surface area contributed by atoms with Crippen molar-refractivity contribution in [1.29, 1.82) is 0 Å². The van der Waals surface area contributed by atoms with Crippen LogP contribution in [0.15, 0.2) is 23.1 Å². The van der Waals surface area contributed by atoms with Gasteiger partial charge in [0.15, 0.2) is 0 Å². The maximum Gasteiger partial charge on any atom is 0.241 e. The summed E-state index contributed by atoms with van der Waals surface area (Å²) in [7, 11) is -4.02. The molecule has 1 aliphatic rings. The summed E-state index contributed by atoms with van der Waals surface area (Å²) in [6.45, 7) is 2.19. The molecule has 1 fully saturated rings. The lowest BCUT2D eigenvalue weighted by atomic mass is 10.2. The first-order chi connectivity index (χ1) is 8.86. The number of sulfonamides is 1. The number of benzene rings is 1. The molecule has 1 saturated heterocycles. The van der Waals surface area contributed by atoms with E-state index in [2.05, 4.69) is 0 Å². The van der Waals surface area contributed by atoms with E-state index in [1.54, 1.807) is 0 Å². The first kappa shape index (κ1) is 14.2. The molecule has 0 bridgehead atoms. The fraction of sp³-hybridized carbons (Fsp3) is 0.500. The summed E-state index contributed by atoms with van der Waals surface area (Å²) in [4.78, 5) is -0.349. The summed E-state index contributed by atoms with van der Waals surface area (Å²) in [5, 5.41) is 5.03. The summed E-state index contributed by atoms with van der Waals surface area (Å²) < 4.78 is 46.7. The van der Waals surface area contributed by atoms with Crippen molar-refractivity contribution in [2.45, 2.75) is 36.9 Å². The molecule has 7 heteroatoms. The van der Waals surface area contributed by atoms with Crippen LogP contribution < -0.4 is 9.88 Å². The van der Waals surface area contributed by atoms with E-state index in [-0.39, 0.29) is 29.5 Å². The van der Waals surface area contributed by atoms with Crippen molar-refractivity contribution in [3.63, 3.8) is 0 Å². The SMILES string of the molecule is CC1CCC(COc2ccc(F)cc2S(N)(=O)=O)O1. The largest absolute Gasteiger partial charge is 0.489 e. The highest BCUT2D eigenvalue weighted by Crippen LogP contribution is 2.25. The van der Waals surface area contributed by atoms with Gasteiger partial charge in [0.2, 0.25) is 10.0 Å². The lowest BCUT2D eigenvalue weighted by Crippen LogP contribution is -2.20. The summed E-state index contributed by atoms with van der Waals surface area (Å²) in [6.07, 6.45) is 1.90. The molecule has 2 atom stereocenters. The molecule has 19 heavy (non-hydrogen) atoms. The fourth-order valence-electron chi connectivity index (χ4n) is 2.01. The van der Waals surface area contributed by atoms with Crippen LogP contribution >= 0.6 is 0 Å². The van der Waals surface area contributed by atoms with Gasteiger partial charge in [-0.25, -0.2) is 17.9 Å². The molecular formula is C12H16FNO4S. The summed E-state index contributed by atoms with van der Waals surface area (Å²) in [5.74, 6) is -0.630. The number of nitrogens with two attached hydrogens (primary N) is 1. The lowest BCUT2D eigenvalue weighted by Gasteiger charge is -2.14. The third kappa shape index (κ3) is 3.65. The van der Waals surface area contributed by atoms with Gasteiger partial charge in [-0.1, -0.05) is 0 Å². The number of primary sulfonamides is 1. The van der Waals surface area contributed by atoms with E-state index in [1.165, 1.54) is 6.07 Å². The average molecular weight is 289 g/mol. The number of hydrogen-bond donors (Lipinski definition) is 1. The molecule has 0 aliphatic carbocycles. The summed E-state index contributed by atoms with van der Waals surface area (Å²) >= 11 is 0. The van der Waals surface area contributed by atoms with Crippen LogP contribution in [-0.4, -0.2) is 27.2 Å². The fourth-order valence-corrected chi connectivity index (χ4v) is 2.70. The van der Waals surface area contributed by atoms with Crippen LogP contribution in [0, 0.1) is 5.82 Å².